The van der Waals surface area contributed by atoms with Gasteiger partial charge in [0.2, 0.25) is 0 Å². The third kappa shape index (κ3) is 3.02. The van der Waals surface area contributed by atoms with E-state index in [0.717, 1.165) is 12.1 Å². The number of hydrogen-bond donors (Lipinski definition) is 1. The van der Waals surface area contributed by atoms with Crippen LogP contribution in [0, 0.1) is 5.92 Å². The van der Waals surface area contributed by atoms with Gasteiger partial charge in [-0.05, 0) is 49.6 Å². The molecule has 1 aliphatic carbocycles. The molecule has 0 spiro atoms. The lowest BCUT2D eigenvalue weighted by Crippen LogP contribution is -2.27. The Morgan fingerprint density at radius 1 is 1.28 bits per heavy atom. The van der Waals surface area contributed by atoms with E-state index >= 15 is 0 Å². The summed E-state index contributed by atoms with van der Waals surface area (Å²) in [5, 5.41) is 3.59. The number of nitrogens with one attached hydrogen (secondary N) is 1. The maximum absolute atomic E-state index is 12.0. The molecule has 18 heavy (non-hydrogen) atoms. The largest absolute Gasteiger partial charge is 0.325 e. The zero-order chi connectivity index (χ0) is 13.1. The first-order chi connectivity index (χ1) is 8.56. The van der Waals surface area contributed by atoms with Crippen molar-refractivity contribution in [3.05, 3.63) is 58.3 Å². The molecule has 3 heteroatoms. The Bertz CT molecular complexity index is 514. The van der Waals surface area contributed by atoms with Crippen LogP contribution in [0.25, 0.3) is 0 Å². The normalized spacial score (nSPS) is 18.9. The predicted octanol–water partition coefficient (Wildman–Crippen LogP) is 3.94. The van der Waals surface area contributed by atoms with Gasteiger partial charge in [-0.2, -0.15) is 0 Å². The van der Waals surface area contributed by atoms with Crippen molar-refractivity contribution in [3.63, 3.8) is 0 Å². The zero-order valence-electron chi connectivity index (χ0n) is 10.5. The van der Waals surface area contributed by atoms with Crippen molar-refractivity contribution in [1.29, 1.82) is 0 Å². The van der Waals surface area contributed by atoms with Crippen LogP contribution in [0.2, 0.25) is 5.02 Å². The molecule has 0 aromatic heterocycles. The van der Waals surface area contributed by atoms with Gasteiger partial charge in [0.25, 0.3) is 5.91 Å². The van der Waals surface area contributed by atoms with E-state index in [0.29, 0.717) is 16.5 Å². The molecule has 1 aliphatic rings. The van der Waals surface area contributed by atoms with E-state index in [9.17, 15) is 4.79 Å². The van der Waals surface area contributed by atoms with Gasteiger partial charge in [-0.25, -0.2) is 0 Å². The van der Waals surface area contributed by atoms with Crippen LogP contribution in [0.5, 0.6) is 0 Å². The van der Waals surface area contributed by atoms with Gasteiger partial charge in [0.15, 0.2) is 0 Å². The van der Waals surface area contributed by atoms with E-state index in [1.165, 1.54) is 5.57 Å². The number of amides is 1. The lowest BCUT2D eigenvalue weighted by atomic mass is 9.93. The van der Waals surface area contributed by atoms with Gasteiger partial charge in [-0.3, -0.25) is 4.79 Å². The molecular formula is C15H16ClNO. The van der Waals surface area contributed by atoms with Gasteiger partial charge < -0.3 is 5.32 Å². The summed E-state index contributed by atoms with van der Waals surface area (Å²) in [5.41, 5.74) is 2.94. The monoisotopic (exact) mass is 261 g/mol. The highest BCUT2D eigenvalue weighted by Gasteiger charge is 2.15. The fraction of sp³-hybridized carbons (Fsp3) is 0.267. The summed E-state index contributed by atoms with van der Waals surface area (Å²) >= 11 is 5.80. The Kier molecular flexibility index (Phi) is 3.87. The van der Waals surface area contributed by atoms with Gasteiger partial charge in [0.1, 0.15) is 0 Å². The number of carbonyl (C=O) groups is 1. The highest BCUT2D eigenvalue weighted by Crippen LogP contribution is 2.23. The minimum Gasteiger partial charge on any atom is -0.325 e. The second-order valence-electron chi connectivity index (χ2n) is 4.70. The Morgan fingerprint density at radius 3 is 2.56 bits per heavy atom. The van der Waals surface area contributed by atoms with Crippen molar-refractivity contribution in [2.45, 2.75) is 20.3 Å². The highest BCUT2D eigenvalue weighted by atomic mass is 35.5. The predicted molar refractivity (Wildman–Crippen MR) is 74.5 cm³/mol. The number of hydrogen-bond acceptors (Lipinski definition) is 1. The molecule has 0 radical (unpaired) electrons. The van der Waals surface area contributed by atoms with E-state index in [1.807, 2.05) is 6.08 Å². The quantitative estimate of drug-likeness (QED) is 0.858. The molecule has 2 rings (SSSR count). The number of rotatable bonds is 2. The summed E-state index contributed by atoms with van der Waals surface area (Å²) in [6.45, 7) is 4.22. The van der Waals surface area contributed by atoms with Gasteiger partial charge in [-0.1, -0.05) is 30.2 Å². The molecule has 0 aliphatic heterocycles. The molecule has 0 saturated carbocycles. The third-order valence-electron chi connectivity index (χ3n) is 3.07. The van der Waals surface area contributed by atoms with Gasteiger partial charge >= 0.3 is 0 Å². The molecule has 0 saturated heterocycles. The van der Waals surface area contributed by atoms with Crippen LogP contribution in [0.4, 0.5) is 0 Å². The molecule has 2 nitrogen and oxygen atoms in total. The molecule has 1 aromatic rings. The SMILES string of the molecule is CC1=CC=C(NC(=O)c2ccc(Cl)cc2)C(C)C1. The number of halogens is 1. The fourth-order valence-electron chi connectivity index (χ4n) is 2.03. The van der Waals surface area contributed by atoms with Crippen LogP contribution >= 0.6 is 11.6 Å². The van der Waals surface area contributed by atoms with E-state index in [-0.39, 0.29) is 5.91 Å². The van der Waals surface area contributed by atoms with Crippen LogP contribution < -0.4 is 5.32 Å². The molecular weight excluding hydrogens is 246 g/mol. The highest BCUT2D eigenvalue weighted by molar-refractivity contribution is 6.30. The summed E-state index contributed by atoms with van der Waals surface area (Å²) < 4.78 is 0. The lowest BCUT2D eigenvalue weighted by molar-refractivity contribution is 0.0961. The minimum absolute atomic E-state index is 0.0854. The molecule has 1 aromatic carbocycles. The van der Waals surface area contributed by atoms with Gasteiger partial charge in [-0.15, -0.1) is 0 Å². The lowest BCUT2D eigenvalue weighted by Gasteiger charge is -2.20. The first-order valence-corrected chi connectivity index (χ1v) is 6.38. The van der Waals surface area contributed by atoms with Crippen LogP contribution in [0.3, 0.4) is 0 Å². The van der Waals surface area contributed by atoms with Crippen molar-refractivity contribution < 1.29 is 4.79 Å². The van der Waals surface area contributed by atoms with E-state index in [2.05, 4.69) is 25.2 Å². The summed E-state index contributed by atoms with van der Waals surface area (Å²) in [6.07, 6.45) is 5.03. The molecule has 94 valence electrons. The van der Waals surface area contributed by atoms with Crippen molar-refractivity contribution in [3.8, 4) is 0 Å². The second kappa shape index (κ2) is 5.40. The standard InChI is InChI=1S/C15H16ClNO/c1-10-3-8-14(11(2)9-10)17-15(18)12-4-6-13(16)7-5-12/h3-8,11H,9H2,1-2H3,(H,17,18). The molecule has 1 N–H and O–H groups in total. The Balaban J connectivity index is 2.10. The van der Waals surface area contributed by atoms with Crippen LogP contribution in [-0.4, -0.2) is 5.91 Å². The maximum Gasteiger partial charge on any atom is 0.255 e. The molecule has 0 bridgehead atoms. The third-order valence-corrected chi connectivity index (χ3v) is 3.32. The summed E-state index contributed by atoms with van der Waals surface area (Å²) in [4.78, 5) is 12.0. The molecule has 1 amide bonds. The van der Waals surface area contributed by atoms with Crippen LogP contribution in [-0.2, 0) is 0 Å². The summed E-state index contributed by atoms with van der Waals surface area (Å²) in [5.74, 6) is 0.268. The van der Waals surface area contributed by atoms with E-state index < -0.39 is 0 Å². The number of carbonyl (C=O) groups excluding carboxylic acids is 1. The first-order valence-electron chi connectivity index (χ1n) is 6.00. The zero-order valence-corrected chi connectivity index (χ0v) is 11.3. The van der Waals surface area contributed by atoms with Crippen LogP contribution in [0.1, 0.15) is 30.6 Å². The summed E-state index contributed by atoms with van der Waals surface area (Å²) in [7, 11) is 0. The van der Waals surface area contributed by atoms with Crippen molar-refractivity contribution in [1.82, 2.24) is 5.32 Å². The van der Waals surface area contributed by atoms with Crippen molar-refractivity contribution in [2.24, 2.45) is 5.92 Å². The van der Waals surface area contributed by atoms with Crippen molar-refractivity contribution in [2.75, 3.05) is 0 Å². The summed E-state index contributed by atoms with van der Waals surface area (Å²) in [6, 6.07) is 6.90. The average molecular weight is 262 g/mol. The Morgan fingerprint density at radius 2 is 1.94 bits per heavy atom. The average Bonchev–Trinajstić information content (AvgIpc) is 2.33. The minimum atomic E-state index is -0.0854. The topological polar surface area (TPSA) is 29.1 Å². The van der Waals surface area contributed by atoms with Crippen molar-refractivity contribution >= 4 is 17.5 Å². The number of allylic oxidation sites excluding steroid dienone is 4. The molecule has 0 fully saturated rings. The van der Waals surface area contributed by atoms with E-state index in [4.69, 9.17) is 11.6 Å². The molecule has 1 unspecified atom stereocenters. The fourth-order valence-corrected chi connectivity index (χ4v) is 2.15. The molecule has 1 atom stereocenters. The smallest absolute Gasteiger partial charge is 0.255 e. The van der Waals surface area contributed by atoms with Gasteiger partial charge in [0, 0.05) is 16.3 Å². The number of benzene rings is 1. The Hall–Kier alpha value is -1.54. The van der Waals surface area contributed by atoms with E-state index in [1.54, 1.807) is 24.3 Å². The van der Waals surface area contributed by atoms with Gasteiger partial charge in [0.05, 0.1) is 0 Å². The maximum atomic E-state index is 12.0. The first kappa shape index (κ1) is 12.9. The van der Waals surface area contributed by atoms with Crippen LogP contribution in [0.15, 0.2) is 47.7 Å². The Labute approximate surface area is 112 Å². The molecule has 0 heterocycles. The second-order valence-corrected chi connectivity index (χ2v) is 5.14.